The number of fused-ring (bicyclic) bond motifs is 1. The molecule has 1 aromatic rings. The van der Waals surface area contributed by atoms with Crippen LogP contribution in [0.3, 0.4) is 0 Å². The Morgan fingerprint density at radius 3 is 2.65 bits per heavy atom. The van der Waals surface area contributed by atoms with Crippen molar-refractivity contribution in [2.75, 3.05) is 0 Å². The van der Waals surface area contributed by atoms with Crippen molar-refractivity contribution in [2.45, 2.75) is 57.1 Å². The molecule has 20 heavy (non-hydrogen) atoms. The van der Waals surface area contributed by atoms with Gasteiger partial charge in [0.2, 0.25) is 5.91 Å². The fourth-order valence-corrected chi connectivity index (χ4v) is 3.50. The highest BCUT2D eigenvalue weighted by molar-refractivity contribution is 5.79. The molecule has 1 saturated carbocycles. The summed E-state index contributed by atoms with van der Waals surface area (Å²) in [7, 11) is 0. The molecule has 1 aromatic carbocycles. The normalized spacial score (nSPS) is 29.6. The molecular formula is C17H23NO2. The number of hydrogen-bond donors (Lipinski definition) is 2. The standard InChI is InChI=1S/C17H23NO2/c19-16-8-4-3-7-15(16)18-17(20)14-10-9-12-5-1-2-6-13(12)11-14/h1-2,5-6,14-16,19H,3-4,7-11H2,(H,18,20)/t14?,15-,16-/m0/s1. The van der Waals surface area contributed by atoms with E-state index >= 15 is 0 Å². The molecule has 2 N–H and O–H groups in total. The predicted molar refractivity (Wildman–Crippen MR) is 78.4 cm³/mol. The molecule has 0 saturated heterocycles. The number of aliphatic hydroxyl groups is 1. The number of nitrogens with one attached hydrogen (secondary N) is 1. The average molecular weight is 273 g/mol. The van der Waals surface area contributed by atoms with Gasteiger partial charge in [0.1, 0.15) is 0 Å². The smallest absolute Gasteiger partial charge is 0.223 e. The summed E-state index contributed by atoms with van der Waals surface area (Å²) in [5.41, 5.74) is 2.69. The first-order valence-electron chi connectivity index (χ1n) is 7.79. The summed E-state index contributed by atoms with van der Waals surface area (Å²) >= 11 is 0. The van der Waals surface area contributed by atoms with Crippen molar-refractivity contribution in [3.8, 4) is 0 Å². The Hall–Kier alpha value is -1.35. The van der Waals surface area contributed by atoms with E-state index in [4.69, 9.17) is 0 Å². The number of aryl methyl sites for hydroxylation is 1. The van der Waals surface area contributed by atoms with Gasteiger partial charge in [0.15, 0.2) is 0 Å². The molecule has 0 spiro atoms. The van der Waals surface area contributed by atoms with Crippen LogP contribution in [0.1, 0.15) is 43.2 Å². The highest BCUT2D eigenvalue weighted by Gasteiger charge is 2.29. The van der Waals surface area contributed by atoms with Crippen LogP contribution in [0, 0.1) is 5.92 Å². The number of carbonyl (C=O) groups is 1. The summed E-state index contributed by atoms with van der Waals surface area (Å²) in [5, 5.41) is 13.0. The second kappa shape index (κ2) is 5.96. The first-order valence-corrected chi connectivity index (χ1v) is 7.79. The summed E-state index contributed by atoms with van der Waals surface area (Å²) < 4.78 is 0. The fraction of sp³-hybridized carbons (Fsp3) is 0.588. The quantitative estimate of drug-likeness (QED) is 0.868. The zero-order valence-corrected chi connectivity index (χ0v) is 11.8. The largest absolute Gasteiger partial charge is 0.391 e. The van der Waals surface area contributed by atoms with Crippen LogP contribution in [0.5, 0.6) is 0 Å². The van der Waals surface area contributed by atoms with Gasteiger partial charge in [-0.2, -0.15) is 0 Å². The zero-order chi connectivity index (χ0) is 13.9. The lowest BCUT2D eigenvalue weighted by Gasteiger charge is -2.31. The Balaban J connectivity index is 1.61. The topological polar surface area (TPSA) is 49.3 Å². The van der Waals surface area contributed by atoms with E-state index in [0.717, 1.165) is 44.9 Å². The maximum atomic E-state index is 12.4. The van der Waals surface area contributed by atoms with Crippen molar-refractivity contribution in [3.05, 3.63) is 35.4 Å². The van der Waals surface area contributed by atoms with Crippen molar-refractivity contribution in [1.29, 1.82) is 0 Å². The molecule has 0 aromatic heterocycles. The molecule has 3 rings (SSSR count). The van der Waals surface area contributed by atoms with Crippen molar-refractivity contribution >= 4 is 5.91 Å². The van der Waals surface area contributed by atoms with Gasteiger partial charge in [-0.25, -0.2) is 0 Å². The number of rotatable bonds is 2. The molecule has 1 unspecified atom stereocenters. The van der Waals surface area contributed by atoms with E-state index in [9.17, 15) is 9.90 Å². The van der Waals surface area contributed by atoms with E-state index in [0.29, 0.717) is 0 Å². The van der Waals surface area contributed by atoms with Crippen molar-refractivity contribution in [3.63, 3.8) is 0 Å². The number of carbonyl (C=O) groups excluding carboxylic acids is 1. The number of benzene rings is 1. The molecule has 3 atom stereocenters. The van der Waals surface area contributed by atoms with Gasteiger partial charge in [0.25, 0.3) is 0 Å². The van der Waals surface area contributed by atoms with E-state index in [-0.39, 0.29) is 24.0 Å². The van der Waals surface area contributed by atoms with Crippen molar-refractivity contribution < 1.29 is 9.90 Å². The zero-order valence-electron chi connectivity index (χ0n) is 11.8. The Kier molecular flexibility index (Phi) is 4.06. The summed E-state index contributed by atoms with van der Waals surface area (Å²) in [5.74, 6) is 0.199. The van der Waals surface area contributed by atoms with Gasteiger partial charge >= 0.3 is 0 Å². The van der Waals surface area contributed by atoms with Crippen LogP contribution in [-0.2, 0) is 17.6 Å². The van der Waals surface area contributed by atoms with Gasteiger partial charge in [0, 0.05) is 5.92 Å². The van der Waals surface area contributed by atoms with Crippen LogP contribution < -0.4 is 5.32 Å². The Labute approximate surface area is 120 Å². The Morgan fingerprint density at radius 2 is 1.85 bits per heavy atom. The van der Waals surface area contributed by atoms with Crippen LogP contribution in [0.25, 0.3) is 0 Å². The molecule has 0 heterocycles. The second-order valence-electron chi connectivity index (χ2n) is 6.18. The van der Waals surface area contributed by atoms with Gasteiger partial charge in [0.05, 0.1) is 12.1 Å². The lowest BCUT2D eigenvalue weighted by atomic mass is 9.83. The third-order valence-electron chi connectivity index (χ3n) is 4.77. The monoisotopic (exact) mass is 273 g/mol. The van der Waals surface area contributed by atoms with Crippen LogP contribution in [0.2, 0.25) is 0 Å². The molecule has 0 radical (unpaired) electrons. The van der Waals surface area contributed by atoms with Crippen LogP contribution in [-0.4, -0.2) is 23.2 Å². The van der Waals surface area contributed by atoms with Gasteiger partial charge < -0.3 is 10.4 Å². The molecule has 3 nitrogen and oxygen atoms in total. The summed E-state index contributed by atoms with van der Waals surface area (Å²) in [6.45, 7) is 0. The maximum absolute atomic E-state index is 12.4. The van der Waals surface area contributed by atoms with E-state index in [1.54, 1.807) is 0 Å². The van der Waals surface area contributed by atoms with Crippen molar-refractivity contribution in [2.24, 2.45) is 5.92 Å². The van der Waals surface area contributed by atoms with Gasteiger partial charge in [-0.3, -0.25) is 4.79 Å². The fourth-order valence-electron chi connectivity index (χ4n) is 3.50. The first-order chi connectivity index (χ1) is 9.74. The molecule has 108 valence electrons. The van der Waals surface area contributed by atoms with Crippen LogP contribution in [0.4, 0.5) is 0 Å². The third-order valence-corrected chi connectivity index (χ3v) is 4.77. The molecule has 2 aliphatic rings. The molecule has 1 amide bonds. The Morgan fingerprint density at radius 1 is 1.10 bits per heavy atom. The van der Waals surface area contributed by atoms with Crippen LogP contribution >= 0.6 is 0 Å². The first kappa shape index (κ1) is 13.6. The van der Waals surface area contributed by atoms with E-state index < -0.39 is 0 Å². The van der Waals surface area contributed by atoms with Gasteiger partial charge in [-0.15, -0.1) is 0 Å². The second-order valence-corrected chi connectivity index (χ2v) is 6.18. The maximum Gasteiger partial charge on any atom is 0.223 e. The molecule has 0 bridgehead atoms. The summed E-state index contributed by atoms with van der Waals surface area (Å²) in [6.07, 6.45) is 6.30. The molecule has 1 fully saturated rings. The minimum absolute atomic E-state index is 0.0339. The van der Waals surface area contributed by atoms with E-state index in [1.807, 2.05) is 6.07 Å². The highest BCUT2D eigenvalue weighted by atomic mass is 16.3. The highest BCUT2D eigenvalue weighted by Crippen LogP contribution is 2.26. The Bertz CT molecular complexity index is 486. The minimum atomic E-state index is -0.358. The van der Waals surface area contributed by atoms with Crippen molar-refractivity contribution in [1.82, 2.24) is 5.32 Å². The van der Waals surface area contributed by atoms with E-state index in [2.05, 4.69) is 23.5 Å². The average Bonchev–Trinajstić information content (AvgIpc) is 2.49. The molecule has 2 aliphatic carbocycles. The van der Waals surface area contributed by atoms with E-state index in [1.165, 1.54) is 11.1 Å². The SMILES string of the molecule is O=C(N[C@H]1CCCC[C@@H]1O)C1CCc2ccccc2C1. The summed E-state index contributed by atoms with van der Waals surface area (Å²) in [4.78, 5) is 12.4. The molecule has 0 aliphatic heterocycles. The number of amides is 1. The minimum Gasteiger partial charge on any atom is -0.391 e. The van der Waals surface area contributed by atoms with Crippen LogP contribution in [0.15, 0.2) is 24.3 Å². The van der Waals surface area contributed by atoms with Gasteiger partial charge in [-0.05, 0) is 43.2 Å². The third kappa shape index (κ3) is 2.88. The lowest BCUT2D eigenvalue weighted by Crippen LogP contribution is -2.47. The molecule has 3 heteroatoms. The number of aliphatic hydroxyl groups excluding tert-OH is 1. The lowest BCUT2D eigenvalue weighted by molar-refractivity contribution is -0.127. The van der Waals surface area contributed by atoms with Gasteiger partial charge in [-0.1, -0.05) is 37.1 Å². The molecular weight excluding hydrogens is 250 g/mol. The number of hydrogen-bond acceptors (Lipinski definition) is 2. The predicted octanol–water partition coefficient (Wildman–Crippen LogP) is 2.21. The summed E-state index contributed by atoms with van der Waals surface area (Å²) in [6, 6.07) is 8.37.